The first-order valence-electron chi connectivity index (χ1n) is 7.63. The second-order valence-corrected chi connectivity index (χ2v) is 6.32. The molecule has 0 spiro atoms. The molecule has 0 atom stereocenters. The Bertz CT molecular complexity index is 1050. The lowest BCUT2D eigenvalue weighted by molar-refractivity contribution is -0.114. The average Bonchev–Trinajstić information content (AvgIpc) is 2.62. The van der Waals surface area contributed by atoms with Crippen LogP contribution in [-0.2, 0) is 0 Å². The molecule has 0 unspecified atom stereocenters. The fourth-order valence-electron chi connectivity index (χ4n) is 2.18. The maximum atomic E-state index is 13.9. The molecular weight excluding hydrogens is 484 g/mol. The van der Waals surface area contributed by atoms with E-state index in [1.165, 1.54) is 0 Å². The molecule has 0 aliphatic rings. The number of hydrogen-bond donors (Lipinski definition) is 1. The van der Waals surface area contributed by atoms with Crippen LogP contribution < -0.4 is 15.4 Å². The highest BCUT2D eigenvalue weighted by Gasteiger charge is 2.40. The molecular formula is C17H7Cl2F7N2O3. The summed E-state index contributed by atoms with van der Waals surface area (Å²) in [5.74, 6) is -8.50. The molecule has 0 aliphatic heterocycles. The number of primary amides is 1. The van der Waals surface area contributed by atoms with Crippen LogP contribution in [0, 0.1) is 11.6 Å². The van der Waals surface area contributed by atoms with Crippen LogP contribution in [0.1, 0.15) is 10.4 Å². The first-order chi connectivity index (χ1) is 14.3. The van der Waals surface area contributed by atoms with Crippen LogP contribution in [-0.4, -0.2) is 18.1 Å². The SMILES string of the molecule is NC(=O)N(C(=O)c1c(F)cccc1F)c1cc(Cl)c(OC(F)=C(F)C(F)(F)F)c(Cl)c1. The quantitative estimate of drug-likeness (QED) is 0.419. The summed E-state index contributed by atoms with van der Waals surface area (Å²) in [6, 6.07) is -0.639. The van der Waals surface area contributed by atoms with Gasteiger partial charge in [0.1, 0.15) is 17.2 Å². The number of halogens is 9. The normalized spacial score (nSPS) is 12.3. The Hall–Kier alpha value is -2.99. The van der Waals surface area contributed by atoms with E-state index in [2.05, 4.69) is 4.74 Å². The molecule has 0 fully saturated rings. The van der Waals surface area contributed by atoms with Crippen molar-refractivity contribution in [1.29, 1.82) is 0 Å². The van der Waals surface area contributed by atoms with Gasteiger partial charge in [-0.05, 0) is 24.3 Å². The van der Waals surface area contributed by atoms with Gasteiger partial charge in [-0.1, -0.05) is 29.3 Å². The van der Waals surface area contributed by atoms with Crippen LogP contribution in [0.5, 0.6) is 5.75 Å². The number of allylic oxidation sites excluding steroid dienone is 1. The number of nitrogens with two attached hydrogens (primary N) is 1. The standard InChI is InChI=1S/C17H7Cl2F7N2O3/c18-7-4-6(5-8(19)12(7)31-14(23)13(22)17(24,25)26)28(16(27)30)15(29)11-9(20)2-1-3-10(11)21/h1-5H,(H2,27,30). The Kier molecular flexibility index (Phi) is 7.06. The predicted molar refractivity (Wildman–Crippen MR) is 95.1 cm³/mol. The Morgan fingerprint density at radius 3 is 1.90 bits per heavy atom. The van der Waals surface area contributed by atoms with Crippen LogP contribution in [0.25, 0.3) is 0 Å². The van der Waals surface area contributed by atoms with E-state index in [-0.39, 0.29) is 4.90 Å². The Morgan fingerprint density at radius 1 is 1.00 bits per heavy atom. The second-order valence-electron chi connectivity index (χ2n) is 5.50. The first-order valence-corrected chi connectivity index (χ1v) is 8.38. The Morgan fingerprint density at radius 2 is 1.48 bits per heavy atom. The lowest BCUT2D eigenvalue weighted by Crippen LogP contribution is -2.41. The number of anilines is 1. The minimum absolute atomic E-state index is 0.0333. The largest absolute Gasteiger partial charge is 0.449 e. The molecule has 0 heterocycles. The van der Waals surface area contributed by atoms with E-state index in [0.717, 1.165) is 18.2 Å². The average molecular weight is 491 g/mol. The van der Waals surface area contributed by atoms with E-state index >= 15 is 0 Å². The third-order valence-electron chi connectivity index (χ3n) is 3.45. The first kappa shape index (κ1) is 24.3. The van der Waals surface area contributed by atoms with Crippen LogP contribution in [0.2, 0.25) is 10.0 Å². The minimum Gasteiger partial charge on any atom is -0.426 e. The number of urea groups is 1. The predicted octanol–water partition coefficient (Wildman–Crippen LogP) is 6.05. The van der Waals surface area contributed by atoms with Crippen molar-refractivity contribution in [3.05, 3.63) is 69.4 Å². The molecule has 2 aromatic rings. The summed E-state index contributed by atoms with van der Waals surface area (Å²) in [6.45, 7) is 0. The topological polar surface area (TPSA) is 72.6 Å². The van der Waals surface area contributed by atoms with Gasteiger partial charge in [-0.2, -0.15) is 22.0 Å². The van der Waals surface area contributed by atoms with Gasteiger partial charge in [-0.15, -0.1) is 0 Å². The molecule has 2 aromatic carbocycles. The highest BCUT2D eigenvalue weighted by molar-refractivity contribution is 6.38. The number of amides is 3. The molecule has 166 valence electrons. The van der Waals surface area contributed by atoms with E-state index in [0.29, 0.717) is 12.1 Å². The van der Waals surface area contributed by atoms with Gasteiger partial charge >= 0.3 is 18.2 Å². The molecule has 0 aliphatic carbocycles. The highest BCUT2D eigenvalue weighted by atomic mass is 35.5. The third kappa shape index (κ3) is 5.20. The van der Waals surface area contributed by atoms with Crippen molar-refractivity contribution >= 4 is 40.8 Å². The van der Waals surface area contributed by atoms with Gasteiger partial charge in [0, 0.05) is 0 Å². The summed E-state index contributed by atoms with van der Waals surface area (Å²) in [5, 5.41) is -1.61. The van der Waals surface area contributed by atoms with E-state index in [1.807, 2.05) is 0 Å². The maximum absolute atomic E-state index is 13.9. The van der Waals surface area contributed by atoms with E-state index < -0.39 is 68.6 Å². The second kappa shape index (κ2) is 9.02. The number of ether oxygens (including phenoxy) is 1. The summed E-state index contributed by atoms with van der Waals surface area (Å²) >= 11 is 11.4. The summed E-state index contributed by atoms with van der Waals surface area (Å²) in [7, 11) is 0. The molecule has 5 nitrogen and oxygen atoms in total. The van der Waals surface area contributed by atoms with Gasteiger partial charge in [-0.25, -0.2) is 18.5 Å². The van der Waals surface area contributed by atoms with Gasteiger partial charge in [0.05, 0.1) is 15.7 Å². The van der Waals surface area contributed by atoms with E-state index in [1.54, 1.807) is 0 Å². The third-order valence-corrected chi connectivity index (χ3v) is 4.02. The van der Waals surface area contributed by atoms with Crippen molar-refractivity contribution in [2.24, 2.45) is 5.73 Å². The lowest BCUT2D eigenvalue weighted by Gasteiger charge is -2.20. The van der Waals surface area contributed by atoms with Gasteiger partial charge in [-0.3, -0.25) is 4.79 Å². The fourth-order valence-corrected chi connectivity index (χ4v) is 2.73. The van der Waals surface area contributed by atoms with Crippen molar-refractivity contribution in [2.75, 3.05) is 4.90 Å². The number of carbonyl (C=O) groups excluding carboxylic acids is 2. The molecule has 2 N–H and O–H groups in total. The van der Waals surface area contributed by atoms with Gasteiger partial charge in [0.15, 0.2) is 5.75 Å². The van der Waals surface area contributed by atoms with Crippen molar-refractivity contribution in [3.8, 4) is 5.75 Å². The monoisotopic (exact) mass is 490 g/mol. The number of benzene rings is 2. The van der Waals surface area contributed by atoms with Crippen LogP contribution in [0.3, 0.4) is 0 Å². The summed E-state index contributed by atoms with van der Waals surface area (Å²) < 4.78 is 94.8. The molecule has 3 amide bonds. The zero-order valence-electron chi connectivity index (χ0n) is 14.5. The molecule has 0 saturated heterocycles. The minimum atomic E-state index is -5.71. The van der Waals surface area contributed by atoms with Gasteiger partial charge < -0.3 is 10.5 Å². The van der Waals surface area contributed by atoms with Gasteiger partial charge in [0.2, 0.25) is 0 Å². The van der Waals surface area contributed by atoms with Crippen molar-refractivity contribution in [3.63, 3.8) is 0 Å². The zero-order chi connectivity index (χ0) is 23.7. The van der Waals surface area contributed by atoms with Gasteiger partial charge in [0.25, 0.3) is 11.7 Å². The molecule has 0 saturated carbocycles. The molecule has 0 aromatic heterocycles. The van der Waals surface area contributed by atoms with Crippen molar-refractivity contribution in [2.45, 2.75) is 6.18 Å². The molecule has 0 radical (unpaired) electrons. The molecule has 14 heteroatoms. The highest BCUT2D eigenvalue weighted by Crippen LogP contribution is 2.40. The van der Waals surface area contributed by atoms with Crippen molar-refractivity contribution in [1.82, 2.24) is 0 Å². The summed E-state index contributed by atoms with van der Waals surface area (Å²) in [6.07, 6.45) is -5.71. The smallest absolute Gasteiger partial charge is 0.426 e. The van der Waals surface area contributed by atoms with E-state index in [9.17, 15) is 40.3 Å². The maximum Gasteiger partial charge on any atom is 0.449 e. The number of imide groups is 1. The number of alkyl halides is 3. The molecule has 31 heavy (non-hydrogen) atoms. The number of nitrogens with zero attached hydrogens (tertiary/aromatic N) is 1. The Labute approximate surface area is 178 Å². The lowest BCUT2D eigenvalue weighted by atomic mass is 10.1. The van der Waals surface area contributed by atoms with Crippen LogP contribution in [0.15, 0.2) is 42.2 Å². The van der Waals surface area contributed by atoms with E-state index in [4.69, 9.17) is 28.9 Å². The molecule has 2 rings (SSSR count). The number of rotatable bonds is 4. The fraction of sp³-hybridized carbons (Fsp3) is 0.0588. The van der Waals surface area contributed by atoms with Crippen LogP contribution >= 0.6 is 23.2 Å². The Balaban J connectivity index is 2.53. The number of hydrogen-bond acceptors (Lipinski definition) is 3. The summed E-state index contributed by atoms with van der Waals surface area (Å²) in [5.41, 5.74) is 3.30. The summed E-state index contributed by atoms with van der Waals surface area (Å²) in [4.78, 5) is 24.3. The number of carbonyl (C=O) groups is 2. The molecule has 0 bridgehead atoms. The van der Waals surface area contributed by atoms with Crippen molar-refractivity contribution < 1.29 is 45.1 Å². The van der Waals surface area contributed by atoms with Crippen LogP contribution in [0.4, 0.5) is 41.2 Å². The zero-order valence-corrected chi connectivity index (χ0v) is 16.0.